The highest BCUT2D eigenvalue weighted by Crippen LogP contribution is 2.08. The van der Waals surface area contributed by atoms with Gasteiger partial charge in [-0.2, -0.15) is 0 Å². The molecular formula is C13H23. The van der Waals surface area contributed by atoms with E-state index in [2.05, 4.69) is 26.2 Å². The van der Waals surface area contributed by atoms with Crippen molar-refractivity contribution in [3.63, 3.8) is 0 Å². The first-order valence-corrected chi connectivity index (χ1v) is 5.12. The van der Waals surface area contributed by atoms with Crippen molar-refractivity contribution in [1.82, 2.24) is 0 Å². The lowest BCUT2D eigenvalue weighted by atomic mass is 10.1. The van der Waals surface area contributed by atoms with Crippen molar-refractivity contribution in [3.05, 3.63) is 43.4 Å². The zero-order valence-electron chi connectivity index (χ0n) is 9.34. The number of hydrogen-bond acceptors (Lipinski definition) is 0. The van der Waals surface area contributed by atoms with Gasteiger partial charge in [-0.05, 0) is 12.8 Å². The Morgan fingerprint density at radius 1 is 1.23 bits per heavy atom. The lowest BCUT2D eigenvalue weighted by Gasteiger charge is -1.98. The van der Waals surface area contributed by atoms with E-state index in [0.29, 0.717) is 0 Å². The van der Waals surface area contributed by atoms with E-state index < -0.39 is 0 Å². The maximum atomic E-state index is 3.74. The molecular weight excluding hydrogens is 156 g/mol. The molecule has 0 unspecified atom stereocenters. The van der Waals surface area contributed by atoms with Crippen LogP contribution in [0, 0.1) is 6.42 Å². The molecule has 0 aliphatic carbocycles. The molecule has 0 saturated heterocycles. The standard InChI is InChI=1S/C11H17.C2H6/c1-4-7-9-11(6-3)10-8-5-2;1-2/h4,6-7,9H,1,3,5,8,10H2,2H3;1-2H3/b11-9+;. The van der Waals surface area contributed by atoms with E-state index in [1.165, 1.54) is 18.4 Å². The van der Waals surface area contributed by atoms with Gasteiger partial charge in [0.15, 0.2) is 0 Å². The summed E-state index contributed by atoms with van der Waals surface area (Å²) in [6.45, 7) is 13.5. The summed E-state index contributed by atoms with van der Waals surface area (Å²) in [7, 11) is 0. The number of rotatable bonds is 6. The second-order valence-corrected chi connectivity index (χ2v) is 2.48. The van der Waals surface area contributed by atoms with E-state index in [0.717, 1.165) is 6.42 Å². The van der Waals surface area contributed by atoms with Crippen LogP contribution in [0.4, 0.5) is 0 Å². The predicted molar refractivity (Wildman–Crippen MR) is 63.7 cm³/mol. The Labute approximate surface area is 84.1 Å². The fraction of sp³-hybridized carbons (Fsp3) is 0.462. The van der Waals surface area contributed by atoms with Crippen LogP contribution in [0.25, 0.3) is 0 Å². The molecule has 0 rings (SSSR count). The van der Waals surface area contributed by atoms with E-state index in [1.54, 1.807) is 6.08 Å². The van der Waals surface area contributed by atoms with Gasteiger partial charge >= 0.3 is 0 Å². The third kappa shape index (κ3) is 11.2. The van der Waals surface area contributed by atoms with E-state index >= 15 is 0 Å². The SMILES string of the molecule is C=C[CH]/C=C(\C=C)CCCC.CC. The smallest absolute Gasteiger partial charge is 0.00474 e. The topological polar surface area (TPSA) is 0 Å². The Morgan fingerprint density at radius 3 is 2.23 bits per heavy atom. The third-order valence-electron chi connectivity index (χ3n) is 1.53. The van der Waals surface area contributed by atoms with Crippen molar-refractivity contribution in [2.24, 2.45) is 0 Å². The highest BCUT2D eigenvalue weighted by Gasteiger charge is 1.88. The van der Waals surface area contributed by atoms with Gasteiger partial charge in [0.05, 0.1) is 0 Å². The van der Waals surface area contributed by atoms with E-state index in [4.69, 9.17) is 0 Å². The van der Waals surface area contributed by atoms with E-state index in [-0.39, 0.29) is 0 Å². The van der Waals surface area contributed by atoms with Gasteiger partial charge in [0.25, 0.3) is 0 Å². The largest absolute Gasteiger partial charge is 0.102 e. The molecule has 0 bridgehead atoms. The Morgan fingerprint density at radius 2 is 1.85 bits per heavy atom. The molecule has 0 fully saturated rings. The molecule has 75 valence electrons. The Bertz CT molecular complexity index is 140. The fourth-order valence-electron chi connectivity index (χ4n) is 0.826. The van der Waals surface area contributed by atoms with Crippen LogP contribution in [-0.4, -0.2) is 0 Å². The molecule has 0 spiro atoms. The minimum absolute atomic E-state index is 1.13. The minimum Gasteiger partial charge on any atom is -0.102 e. The third-order valence-corrected chi connectivity index (χ3v) is 1.53. The van der Waals surface area contributed by atoms with Crippen LogP contribution < -0.4 is 0 Å². The van der Waals surface area contributed by atoms with Crippen molar-refractivity contribution in [2.75, 3.05) is 0 Å². The van der Waals surface area contributed by atoms with Gasteiger partial charge in [0.2, 0.25) is 0 Å². The summed E-state index contributed by atoms with van der Waals surface area (Å²) in [4.78, 5) is 0. The zero-order valence-corrected chi connectivity index (χ0v) is 9.34. The monoisotopic (exact) mass is 179 g/mol. The highest BCUT2D eigenvalue weighted by molar-refractivity contribution is 5.22. The molecule has 0 aromatic rings. The fourth-order valence-corrected chi connectivity index (χ4v) is 0.826. The minimum atomic E-state index is 1.13. The summed E-state index contributed by atoms with van der Waals surface area (Å²) in [6, 6.07) is 0. The zero-order chi connectivity index (χ0) is 10.5. The van der Waals surface area contributed by atoms with Crippen molar-refractivity contribution in [1.29, 1.82) is 0 Å². The van der Waals surface area contributed by atoms with Crippen molar-refractivity contribution >= 4 is 0 Å². The first-order valence-electron chi connectivity index (χ1n) is 5.12. The van der Waals surface area contributed by atoms with Gasteiger partial charge < -0.3 is 0 Å². The summed E-state index contributed by atoms with van der Waals surface area (Å²) in [5.41, 5.74) is 1.30. The Balaban J connectivity index is 0. The van der Waals surface area contributed by atoms with Gasteiger partial charge in [-0.3, -0.25) is 0 Å². The first-order chi connectivity index (χ1) is 6.35. The molecule has 0 nitrogen and oxygen atoms in total. The molecule has 0 aliphatic rings. The normalized spacial score (nSPS) is 9.92. The number of hydrogen-bond donors (Lipinski definition) is 0. The molecule has 0 N–H and O–H groups in total. The van der Waals surface area contributed by atoms with Gasteiger partial charge in [0.1, 0.15) is 0 Å². The van der Waals surface area contributed by atoms with Crippen LogP contribution in [0.2, 0.25) is 0 Å². The second-order valence-electron chi connectivity index (χ2n) is 2.48. The van der Waals surface area contributed by atoms with Crippen LogP contribution in [0.5, 0.6) is 0 Å². The van der Waals surface area contributed by atoms with Gasteiger partial charge in [0, 0.05) is 6.42 Å². The molecule has 0 saturated carbocycles. The summed E-state index contributed by atoms with van der Waals surface area (Å²) in [6.07, 6.45) is 11.3. The molecule has 0 heteroatoms. The van der Waals surface area contributed by atoms with Gasteiger partial charge in [-0.15, -0.1) is 6.58 Å². The van der Waals surface area contributed by atoms with Crippen LogP contribution in [-0.2, 0) is 0 Å². The average molecular weight is 179 g/mol. The van der Waals surface area contributed by atoms with Crippen molar-refractivity contribution in [3.8, 4) is 0 Å². The summed E-state index contributed by atoms with van der Waals surface area (Å²) in [5, 5.41) is 0. The average Bonchev–Trinajstić information content (AvgIpc) is 2.21. The van der Waals surface area contributed by atoms with Crippen LogP contribution in [0.3, 0.4) is 0 Å². The molecule has 1 radical (unpaired) electrons. The molecule has 13 heavy (non-hydrogen) atoms. The molecule has 0 atom stereocenters. The molecule has 0 amide bonds. The molecule has 0 aromatic heterocycles. The quantitative estimate of drug-likeness (QED) is 0.518. The summed E-state index contributed by atoms with van der Waals surface area (Å²) < 4.78 is 0. The number of unbranched alkanes of at least 4 members (excludes halogenated alkanes) is 1. The van der Waals surface area contributed by atoms with E-state index in [9.17, 15) is 0 Å². The number of allylic oxidation sites excluding steroid dienone is 4. The Hall–Kier alpha value is -0.780. The highest BCUT2D eigenvalue weighted by atomic mass is 13.9. The van der Waals surface area contributed by atoms with Gasteiger partial charge in [-0.25, -0.2) is 0 Å². The summed E-state index contributed by atoms with van der Waals surface area (Å²) in [5.74, 6) is 0. The maximum Gasteiger partial charge on any atom is 0.00474 e. The van der Waals surface area contributed by atoms with Crippen LogP contribution >= 0.6 is 0 Å². The lowest BCUT2D eigenvalue weighted by Crippen LogP contribution is -1.78. The van der Waals surface area contributed by atoms with Crippen molar-refractivity contribution < 1.29 is 0 Å². The maximum absolute atomic E-state index is 3.74. The second kappa shape index (κ2) is 13.8. The first kappa shape index (κ1) is 14.7. The Kier molecular flexibility index (Phi) is 15.6. The summed E-state index contributed by atoms with van der Waals surface area (Å²) >= 11 is 0. The lowest BCUT2D eigenvalue weighted by molar-refractivity contribution is 0.798. The van der Waals surface area contributed by atoms with Crippen LogP contribution in [0.1, 0.15) is 40.0 Å². The predicted octanol–water partition coefficient (Wildman–Crippen LogP) is 4.71. The van der Waals surface area contributed by atoms with E-state index in [1.807, 2.05) is 26.3 Å². The van der Waals surface area contributed by atoms with Crippen molar-refractivity contribution in [2.45, 2.75) is 40.0 Å². The van der Waals surface area contributed by atoms with Crippen LogP contribution in [0.15, 0.2) is 37.0 Å². The molecule has 0 aliphatic heterocycles. The van der Waals surface area contributed by atoms with Gasteiger partial charge in [-0.1, -0.05) is 57.6 Å². The molecule has 0 heterocycles. The molecule has 0 aromatic carbocycles.